The Kier molecular flexibility index (Phi) is 6.72. The second-order valence-electron chi connectivity index (χ2n) is 6.83. The van der Waals surface area contributed by atoms with Gasteiger partial charge in [-0.3, -0.25) is 9.59 Å². The fraction of sp³-hybridized carbons (Fsp3) is 0.450. The van der Waals surface area contributed by atoms with Crippen LogP contribution in [0.5, 0.6) is 0 Å². The highest BCUT2D eigenvalue weighted by molar-refractivity contribution is 7.09. The Hall–Kier alpha value is -2.35. The average Bonchev–Trinajstić information content (AvgIpc) is 3.18. The van der Waals surface area contributed by atoms with E-state index in [0.29, 0.717) is 32.5 Å². The van der Waals surface area contributed by atoms with Crippen LogP contribution in [0.1, 0.15) is 53.2 Å². The van der Waals surface area contributed by atoms with Crippen LogP contribution in [0.3, 0.4) is 0 Å². The van der Waals surface area contributed by atoms with Gasteiger partial charge in [-0.2, -0.15) is 0 Å². The minimum absolute atomic E-state index is 0.0357. The molecule has 0 unspecified atom stereocenters. The van der Waals surface area contributed by atoms with Gasteiger partial charge in [-0.15, -0.1) is 11.3 Å². The summed E-state index contributed by atoms with van der Waals surface area (Å²) in [7, 11) is 0. The number of likely N-dealkylation sites (tertiary alicyclic amines) is 1. The van der Waals surface area contributed by atoms with Gasteiger partial charge >= 0.3 is 0 Å². The standard InChI is InChI=1S/C20H23F2N3O2S/c1-2-18(26)23-8-5-15-12-28-19(24-15)13-6-9-25(10-7-13)20(27)14-3-4-16(21)17(22)11-14/h3-4,11-13H,2,5-10H2,1H3,(H,23,26). The molecule has 2 heterocycles. The lowest BCUT2D eigenvalue weighted by Crippen LogP contribution is -2.38. The first-order valence-corrected chi connectivity index (χ1v) is 10.3. The normalized spacial score (nSPS) is 14.9. The Bertz CT molecular complexity index is 848. The monoisotopic (exact) mass is 407 g/mol. The Morgan fingerprint density at radius 2 is 2.00 bits per heavy atom. The number of rotatable bonds is 6. The van der Waals surface area contributed by atoms with Gasteiger partial charge in [-0.05, 0) is 31.0 Å². The highest BCUT2D eigenvalue weighted by Gasteiger charge is 2.26. The number of carbonyl (C=O) groups is 2. The van der Waals surface area contributed by atoms with Gasteiger partial charge in [0, 0.05) is 49.3 Å². The first-order chi connectivity index (χ1) is 13.5. The number of nitrogens with one attached hydrogen (secondary N) is 1. The van der Waals surface area contributed by atoms with E-state index in [4.69, 9.17) is 0 Å². The molecule has 1 N–H and O–H groups in total. The molecule has 1 aromatic heterocycles. The van der Waals surface area contributed by atoms with Crippen molar-refractivity contribution in [1.82, 2.24) is 15.2 Å². The van der Waals surface area contributed by atoms with Gasteiger partial charge in [0.05, 0.1) is 10.7 Å². The van der Waals surface area contributed by atoms with Crippen molar-refractivity contribution >= 4 is 23.2 Å². The van der Waals surface area contributed by atoms with E-state index in [1.807, 2.05) is 12.3 Å². The molecule has 2 amide bonds. The second-order valence-corrected chi connectivity index (χ2v) is 7.72. The van der Waals surface area contributed by atoms with Crippen molar-refractivity contribution < 1.29 is 18.4 Å². The number of hydrogen-bond donors (Lipinski definition) is 1. The van der Waals surface area contributed by atoms with Crippen molar-refractivity contribution in [3.63, 3.8) is 0 Å². The number of nitrogens with zero attached hydrogens (tertiary/aromatic N) is 2. The van der Waals surface area contributed by atoms with E-state index in [-0.39, 0.29) is 23.3 Å². The predicted octanol–water partition coefficient (Wildman–Crippen LogP) is 3.51. The largest absolute Gasteiger partial charge is 0.356 e. The SMILES string of the molecule is CCC(=O)NCCc1csc(C2CCN(C(=O)c3ccc(F)c(F)c3)CC2)n1. The van der Waals surface area contributed by atoms with Crippen molar-refractivity contribution in [3.8, 4) is 0 Å². The Labute approximate surface area is 166 Å². The topological polar surface area (TPSA) is 62.3 Å². The molecule has 8 heteroatoms. The third-order valence-electron chi connectivity index (χ3n) is 4.89. The summed E-state index contributed by atoms with van der Waals surface area (Å²) in [5, 5.41) is 5.91. The third-order valence-corrected chi connectivity index (χ3v) is 5.95. The van der Waals surface area contributed by atoms with Crippen molar-refractivity contribution in [2.75, 3.05) is 19.6 Å². The molecule has 0 atom stereocenters. The first-order valence-electron chi connectivity index (χ1n) is 9.43. The second kappa shape index (κ2) is 9.23. The van der Waals surface area contributed by atoms with E-state index < -0.39 is 11.6 Å². The number of hydrogen-bond acceptors (Lipinski definition) is 4. The van der Waals surface area contributed by atoms with Crippen LogP contribution in [0.4, 0.5) is 8.78 Å². The van der Waals surface area contributed by atoms with Crippen LogP contribution in [0.15, 0.2) is 23.6 Å². The van der Waals surface area contributed by atoms with E-state index in [2.05, 4.69) is 10.3 Å². The molecule has 1 aliphatic heterocycles. The molecule has 1 saturated heterocycles. The van der Waals surface area contributed by atoms with E-state index in [9.17, 15) is 18.4 Å². The molecule has 1 aromatic carbocycles. The molecule has 28 heavy (non-hydrogen) atoms. The molecular formula is C20H23F2N3O2S. The number of carbonyl (C=O) groups excluding carboxylic acids is 2. The van der Waals surface area contributed by atoms with Crippen LogP contribution < -0.4 is 5.32 Å². The van der Waals surface area contributed by atoms with Crippen LogP contribution in [0.25, 0.3) is 0 Å². The highest BCUT2D eigenvalue weighted by atomic mass is 32.1. The number of aromatic nitrogens is 1. The Morgan fingerprint density at radius 3 is 2.68 bits per heavy atom. The zero-order valence-corrected chi connectivity index (χ0v) is 16.5. The summed E-state index contributed by atoms with van der Waals surface area (Å²) in [6.07, 6.45) is 2.75. The lowest BCUT2D eigenvalue weighted by Gasteiger charge is -2.31. The van der Waals surface area contributed by atoms with E-state index in [0.717, 1.165) is 35.7 Å². The van der Waals surface area contributed by atoms with Crippen molar-refractivity contribution in [2.45, 2.75) is 38.5 Å². The smallest absolute Gasteiger partial charge is 0.253 e. The summed E-state index contributed by atoms with van der Waals surface area (Å²) < 4.78 is 26.4. The maximum Gasteiger partial charge on any atom is 0.253 e. The molecular weight excluding hydrogens is 384 g/mol. The summed E-state index contributed by atoms with van der Waals surface area (Å²) in [5.41, 5.74) is 1.14. The van der Waals surface area contributed by atoms with E-state index in [1.165, 1.54) is 6.07 Å². The third kappa shape index (κ3) is 4.92. The van der Waals surface area contributed by atoms with Crippen LogP contribution in [0, 0.1) is 11.6 Å². The average molecular weight is 407 g/mol. The Morgan fingerprint density at radius 1 is 1.25 bits per heavy atom. The van der Waals surface area contributed by atoms with Crippen molar-refractivity contribution in [1.29, 1.82) is 0 Å². The molecule has 150 valence electrons. The lowest BCUT2D eigenvalue weighted by molar-refractivity contribution is -0.120. The van der Waals surface area contributed by atoms with Crippen LogP contribution >= 0.6 is 11.3 Å². The first kappa shape index (κ1) is 20.4. The number of benzene rings is 1. The van der Waals surface area contributed by atoms with Gasteiger partial charge in [-0.1, -0.05) is 6.92 Å². The van der Waals surface area contributed by atoms with Crippen molar-refractivity contribution in [3.05, 3.63) is 51.5 Å². The Balaban J connectivity index is 1.52. The molecule has 0 radical (unpaired) electrons. The molecule has 0 spiro atoms. The van der Waals surface area contributed by atoms with Gasteiger partial charge in [0.25, 0.3) is 5.91 Å². The summed E-state index contributed by atoms with van der Waals surface area (Å²) in [6, 6.07) is 3.25. The fourth-order valence-corrected chi connectivity index (χ4v) is 4.25. The van der Waals surface area contributed by atoms with Gasteiger partial charge < -0.3 is 10.2 Å². The van der Waals surface area contributed by atoms with Crippen LogP contribution in [-0.2, 0) is 11.2 Å². The van der Waals surface area contributed by atoms with Gasteiger partial charge in [0.15, 0.2) is 11.6 Å². The van der Waals surface area contributed by atoms with Gasteiger partial charge in [0.2, 0.25) is 5.91 Å². The predicted molar refractivity (Wildman–Crippen MR) is 103 cm³/mol. The molecule has 1 aliphatic rings. The van der Waals surface area contributed by atoms with Gasteiger partial charge in [0.1, 0.15) is 0 Å². The number of thiazole rings is 1. The maximum absolute atomic E-state index is 13.4. The summed E-state index contributed by atoms with van der Waals surface area (Å²) in [6.45, 7) is 3.52. The number of halogens is 2. The molecule has 5 nitrogen and oxygen atoms in total. The minimum atomic E-state index is -1.01. The van der Waals surface area contributed by atoms with Gasteiger partial charge in [-0.25, -0.2) is 13.8 Å². The summed E-state index contributed by atoms with van der Waals surface area (Å²) >= 11 is 1.61. The van der Waals surface area contributed by atoms with E-state index in [1.54, 1.807) is 16.2 Å². The molecule has 3 rings (SSSR count). The summed E-state index contributed by atoms with van der Waals surface area (Å²) in [5.74, 6) is -1.91. The van der Waals surface area contributed by atoms with Crippen LogP contribution in [0.2, 0.25) is 0 Å². The molecule has 1 fully saturated rings. The molecule has 0 bridgehead atoms. The highest BCUT2D eigenvalue weighted by Crippen LogP contribution is 2.31. The minimum Gasteiger partial charge on any atom is -0.356 e. The molecule has 0 aliphatic carbocycles. The lowest BCUT2D eigenvalue weighted by atomic mass is 9.97. The number of piperidine rings is 1. The zero-order valence-electron chi connectivity index (χ0n) is 15.7. The van der Waals surface area contributed by atoms with E-state index >= 15 is 0 Å². The zero-order chi connectivity index (χ0) is 20.1. The molecule has 0 saturated carbocycles. The maximum atomic E-state index is 13.4. The fourth-order valence-electron chi connectivity index (χ4n) is 3.22. The quantitative estimate of drug-likeness (QED) is 0.797. The van der Waals surface area contributed by atoms with Crippen LogP contribution in [-0.4, -0.2) is 41.3 Å². The summed E-state index contributed by atoms with van der Waals surface area (Å²) in [4.78, 5) is 30.1. The molecule has 2 aromatic rings. The van der Waals surface area contributed by atoms with Crippen molar-refractivity contribution in [2.24, 2.45) is 0 Å². The number of amides is 2.